The Kier molecular flexibility index (Phi) is 3.25. The molecule has 1 aliphatic carbocycles. The lowest BCUT2D eigenvalue weighted by Gasteiger charge is -2.24. The third kappa shape index (κ3) is 1.97. The molecule has 0 spiro atoms. The number of nitrogens with two attached hydrogens (primary N) is 1. The van der Waals surface area contributed by atoms with Gasteiger partial charge in [-0.3, -0.25) is 0 Å². The molecule has 0 unspecified atom stereocenters. The molecule has 0 saturated heterocycles. The zero-order valence-corrected chi connectivity index (χ0v) is 9.90. The summed E-state index contributed by atoms with van der Waals surface area (Å²) in [6.45, 7) is 4.49. The van der Waals surface area contributed by atoms with Crippen molar-refractivity contribution in [1.29, 1.82) is 0 Å². The first kappa shape index (κ1) is 11.5. The highest BCUT2D eigenvalue weighted by molar-refractivity contribution is 5.05. The lowest BCUT2D eigenvalue weighted by molar-refractivity contribution is -0.0469. The molecule has 5 heteroatoms. The summed E-state index contributed by atoms with van der Waals surface area (Å²) in [7, 11) is 0. The van der Waals surface area contributed by atoms with E-state index in [-0.39, 0.29) is 11.6 Å². The smallest absolute Gasteiger partial charge is 0.243 e. The minimum atomic E-state index is -0.328. The van der Waals surface area contributed by atoms with Gasteiger partial charge in [0.1, 0.15) is 5.60 Å². The van der Waals surface area contributed by atoms with Gasteiger partial charge in [0.2, 0.25) is 11.7 Å². The topological polar surface area (TPSA) is 74.2 Å². The molecule has 0 radical (unpaired) electrons. The summed E-state index contributed by atoms with van der Waals surface area (Å²) in [6, 6.07) is -0.221. The first-order chi connectivity index (χ1) is 7.68. The van der Waals surface area contributed by atoms with Crippen LogP contribution in [-0.2, 0) is 10.3 Å². The molecule has 0 aromatic carbocycles. The fourth-order valence-electron chi connectivity index (χ4n) is 2.26. The molecule has 1 aromatic rings. The standard InChI is InChI=1S/C11H19N3O2/c1-3-15-11(6-4-5-7-11)10-13-9(8(2)12)16-14-10/h8H,3-7,12H2,1-2H3/t8-/m0/s1. The van der Waals surface area contributed by atoms with Gasteiger partial charge < -0.3 is 15.0 Å². The van der Waals surface area contributed by atoms with Crippen molar-refractivity contribution in [3.8, 4) is 0 Å². The van der Waals surface area contributed by atoms with E-state index in [0.29, 0.717) is 18.3 Å². The highest BCUT2D eigenvalue weighted by Gasteiger charge is 2.40. The van der Waals surface area contributed by atoms with Crippen LogP contribution in [0.2, 0.25) is 0 Å². The van der Waals surface area contributed by atoms with E-state index < -0.39 is 0 Å². The molecule has 16 heavy (non-hydrogen) atoms. The fourth-order valence-corrected chi connectivity index (χ4v) is 2.26. The number of nitrogens with zero attached hydrogens (tertiary/aromatic N) is 2. The summed E-state index contributed by atoms with van der Waals surface area (Å²) in [5.74, 6) is 1.15. The van der Waals surface area contributed by atoms with E-state index in [1.807, 2.05) is 13.8 Å². The first-order valence-corrected chi connectivity index (χ1v) is 5.91. The maximum absolute atomic E-state index is 5.84. The lowest BCUT2D eigenvalue weighted by atomic mass is 10.0. The van der Waals surface area contributed by atoms with Crippen molar-refractivity contribution in [3.63, 3.8) is 0 Å². The maximum Gasteiger partial charge on any atom is 0.243 e. The fraction of sp³-hybridized carbons (Fsp3) is 0.818. The Morgan fingerprint density at radius 3 is 2.69 bits per heavy atom. The highest BCUT2D eigenvalue weighted by Crippen LogP contribution is 2.40. The van der Waals surface area contributed by atoms with Gasteiger partial charge in [0, 0.05) is 6.61 Å². The average Bonchev–Trinajstić information content (AvgIpc) is 2.85. The van der Waals surface area contributed by atoms with Gasteiger partial charge in [0.05, 0.1) is 6.04 Å². The minimum absolute atomic E-state index is 0.221. The molecule has 1 atom stereocenters. The molecule has 0 bridgehead atoms. The van der Waals surface area contributed by atoms with Crippen LogP contribution in [0.4, 0.5) is 0 Å². The van der Waals surface area contributed by atoms with Crippen molar-refractivity contribution in [1.82, 2.24) is 10.1 Å². The quantitative estimate of drug-likeness (QED) is 0.847. The van der Waals surface area contributed by atoms with Gasteiger partial charge in [-0.2, -0.15) is 4.98 Å². The Morgan fingerprint density at radius 2 is 2.19 bits per heavy atom. The molecule has 1 aliphatic rings. The monoisotopic (exact) mass is 225 g/mol. The lowest BCUT2D eigenvalue weighted by Crippen LogP contribution is -2.27. The van der Waals surface area contributed by atoms with Gasteiger partial charge in [-0.1, -0.05) is 5.16 Å². The van der Waals surface area contributed by atoms with E-state index in [4.69, 9.17) is 15.0 Å². The molecule has 1 saturated carbocycles. The van der Waals surface area contributed by atoms with Crippen molar-refractivity contribution < 1.29 is 9.26 Å². The summed E-state index contributed by atoms with van der Waals surface area (Å²) < 4.78 is 11.0. The Labute approximate surface area is 95.3 Å². The van der Waals surface area contributed by atoms with Crippen LogP contribution < -0.4 is 5.73 Å². The third-order valence-electron chi connectivity index (χ3n) is 3.07. The van der Waals surface area contributed by atoms with Crippen molar-refractivity contribution in [2.75, 3.05) is 6.61 Å². The van der Waals surface area contributed by atoms with E-state index in [9.17, 15) is 0 Å². The molecule has 2 N–H and O–H groups in total. The second-order valence-corrected chi connectivity index (χ2v) is 4.38. The van der Waals surface area contributed by atoms with Crippen LogP contribution in [0.25, 0.3) is 0 Å². The molecule has 1 heterocycles. The van der Waals surface area contributed by atoms with Gasteiger partial charge in [-0.15, -0.1) is 0 Å². The van der Waals surface area contributed by atoms with Gasteiger partial charge in [0.25, 0.3) is 0 Å². The van der Waals surface area contributed by atoms with Gasteiger partial charge in [0.15, 0.2) is 0 Å². The second kappa shape index (κ2) is 4.51. The predicted molar refractivity (Wildman–Crippen MR) is 58.7 cm³/mol. The van der Waals surface area contributed by atoms with E-state index in [0.717, 1.165) is 25.7 Å². The van der Waals surface area contributed by atoms with Gasteiger partial charge in [-0.25, -0.2) is 0 Å². The number of aromatic nitrogens is 2. The molecule has 0 amide bonds. The Morgan fingerprint density at radius 1 is 1.50 bits per heavy atom. The van der Waals surface area contributed by atoms with Crippen LogP contribution in [0, 0.1) is 0 Å². The van der Waals surface area contributed by atoms with Crippen molar-refractivity contribution in [2.24, 2.45) is 5.73 Å². The molecule has 1 fully saturated rings. The highest BCUT2D eigenvalue weighted by atomic mass is 16.5. The molecule has 5 nitrogen and oxygen atoms in total. The Balaban J connectivity index is 2.24. The first-order valence-electron chi connectivity index (χ1n) is 5.91. The minimum Gasteiger partial charge on any atom is -0.367 e. The van der Waals surface area contributed by atoms with Crippen molar-refractivity contribution in [3.05, 3.63) is 11.7 Å². The van der Waals surface area contributed by atoms with Crippen LogP contribution in [0.5, 0.6) is 0 Å². The summed E-state index contributed by atoms with van der Waals surface area (Å²) in [4.78, 5) is 4.35. The number of ether oxygens (including phenoxy) is 1. The molecular formula is C11H19N3O2. The van der Waals surface area contributed by atoms with Crippen LogP contribution in [0.3, 0.4) is 0 Å². The SMILES string of the molecule is CCOC1(c2noc([C@H](C)N)n2)CCCC1. The van der Waals surface area contributed by atoms with Crippen LogP contribution in [-0.4, -0.2) is 16.7 Å². The summed E-state index contributed by atoms with van der Waals surface area (Å²) >= 11 is 0. The summed E-state index contributed by atoms with van der Waals surface area (Å²) in [5.41, 5.74) is 5.38. The van der Waals surface area contributed by atoms with Gasteiger partial charge in [-0.05, 0) is 39.5 Å². The van der Waals surface area contributed by atoms with Crippen LogP contribution >= 0.6 is 0 Å². The second-order valence-electron chi connectivity index (χ2n) is 4.38. The number of hydrogen-bond acceptors (Lipinski definition) is 5. The Bertz CT molecular complexity index is 343. The zero-order valence-electron chi connectivity index (χ0n) is 9.90. The Hall–Kier alpha value is -0.940. The third-order valence-corrected chi connectivity index (χ3v) is 3.07. The maximum atomic E-state index is 5.84. The van der Waals surface area contributed by atoms with Crippen molar-refractivity contribution in [2.45, 2.75) is 51.2 Å². The normalized spacial score (nSPS) is 21.2. The molecule has 0 aliphatic heterocycles. The van der Waals surface area contributed by atoms with Crippen LogP contribution in [0.1, 0.15) is 57.3 Å². The summed E-state index contributed by atoms with van der Waals surface area (Å²) in [5, 5.41) is 4.02. The van der Waals surface area contributed by atoms with Gasteiger partial charge >= 0.3 is 0 Å². The number of hydrogen-bond donors (Lipinski definition) is 1. The average molecular weight is 225 g/mol. The van der Waals surface area contributed by atoms with Crippen LogP contribution in [0.15, 0.2) is 4.52 Å². The zero-order chi connectivity index (χ0) is 11.6. The van der Waals surface area contributed by atoms with E-state index in [2.05, 4.69) is 10.1 Å². The number of rotatable bonds is 4. The van der Waals surface area contributed by atoms with E-state index in [1.165, 1.54) is 0 Å². The summed E-state index contributed by atoms with van der Waals surface area (Å²) in [6.07, 6.45) is 4.25. The largest absolute Gasteiger partial charge is 0.367 e. The molecule has 1 aromatic heterocycles. The predicted octanol–water partition coefficient (Wildman–Crippen LogP) is 1.90. The van der Waals surface area contributed by atoms with E-state index in [1.54, 1.807) is 0 Å². The molecule has 90 valence electrons. The van der Waals surface area contributed by atoms with Crippen molar-refractivity contribution >= 4 is 0 Å². The van der Waals surface area contributed by atoms with E-state index >= 15 is 0 Å². The molecule has 2 rings (SSSR count). The molecular weight excluding hydrogens is 206 g/mol.